The highest BCUT2D eigenvalue weighted by atomic mass is 19.1. The Morgan fingerprint density at radius 2 is 2.12 bits per heavy atom. The molecule has 2 N–H and O–H groups in total. The number of rotatable bonds is 2. The number of hydrogen-bond acceptors (Lipinski definition) is 2. The number of benzene rings is 1. The minimum atomic E-state index is -0.814. The fourth-order valence-electron chi connectivity index (χ4n) is 1.90. The molecule has 1 aromatic carbocycles. The maximum absolute atomic E-state index is 13.7. The third-order valence-electron chi connectivity index (χ3n) is 2.78. The highest BCUT2D eigenvalue weighted by molar-refractivity contribution is 5.36. The monoisotopic (exact) mass is 219 g/mol. The summed E-state index contributed by atoms with van der Waals surface area (Å²) in [5.74, 6) is 0.472. The Bertz CT molecular complexity index is 453. The number of halogens is 1. The summed E-state index contributed by atoms with van der Waals surface area (Å²) in [5, 5.41) is 0. The first-order valence-electron chi connectivity index (χ1n) is 5.12. The van der Waals surface area contributed by atoms with Crippen molar-refractivity contribution in [2.45, 2.75) is 12.0 Å². The molecule has 1 aliphatic carbocycles. The zero-order valence-corrected chi connectivity index (χ0v) is 9.11. The lowest BCUT2D eigenvalue weighted by atomic mass is 9.84. The molecule has 0 fully saturated rings. The molecule has 0 saturated heterocycles. The van der Waals surface area contributed by atoms with Gasteiger partial charge in [-0.3, -0.25) is 0 Å². The molecule has 0 bridgehead atoms. The molecule has 16 heavy (non-hydrogen) atoms. The lowest BCUT2D eigenvalue weighted by Crippen LogP contribution is -2.37. The Labute approximate surface area is 94.2 Å². The smallest absolute Gasteiger partial charge is 0.128 e. The van der Waals surface area contributed by atoms with Crippen molar-refractivity contribution >= 4 is 0 Å². The van der Waals surface area contributed by atoms with E-state index < -0.39 is 5.54 Å². The fraction of sp³-hybridized carbons (Fsp3) is 0.231. The molecule has 0 spiro atoms. The van der Waals surface area contributed by atoms with Crippen LogP contribution in [0, 0.1) is 5.82 Å². The first kappa shape index (κ1) is 10.9. The third-order valence-corrected chi connectivity index (χ3v) is 2.78. The van der Waals surface area contributed by atoms with Crippen molar-refractivity contribution in [1.29, 1.82) is 0 Å². The van der Waals surface area contributed by atoms with Crippen molar-refractivity contribution in [2.24, 2.45) is 5.73 Å². The standard InChI is InChI=1S/C13H14FNO/c1-16-10-5-4-8-13(15,9-10)11-6-2-3-7-12(11)14/h2-8H,9,15H2,1H3. The lowest BCUT2D eigenvalue weighted by Gasteiger charge is -2.29. The van der Waals surface area contributed by atoms with Crippen molar-refractivity contribution in [3.63, 3.8) is 0 Å². The molecular formula is C13H14FNO. The van der Waals surface area contributed by atoms with E-state index in [0.29, 0.717) is 12.0 Å². The Balaban J connectivity index is 2.38. The summed E-state index contributed by atoms with van der Waals surface area (Å²) >= 11 is 0. The second kappa shape index (κ2) is 4.10. The van der Waals surface area contributed by atoms with Crippen LogP contribution in [0.15, 0.2) is 48.3 Å². The van der Waals surface area contributed by atoms with E-state index >= 15 is 0 Å². The van der Waals surface area contributed by atoms with Crippen LogP contribution in [-0.2, 0) is 10.3 Å². The van der Waals surface area contributed by atoms with Gasteiger partial charge in [-0.1, -0.05) is 30.4 Å². The summed E-state index contributed by atoms with van der Waals surface area (Å²) in [6.45, 7) is 0. The summed E-state index contributed by atoms with van der Waals surface area (Å²) in [6, 6.07) is 6.56. The molecule has 2 nitrogen and oxygen atoms in total. The van der Waals surface area contributed by atoms with E-state index in [1.807, 2.05) is 6.08 Å². The summed E-state index contributed by atoms with van der Waals surface area (Å²) in [4.78, 5) is 0. The largest absolute Gasteiger partial charge is 0.501 e. The summed E-state index contributed by atoms with van der Waals surface area (Å²) in [7, 11) is 1.59. The van der Waals surface area contributed by atoms with Crippen molar-refractivity contribution in [3.8, 4) is 0 Å². The molecule has 0 amide bonds. The van der Waals surface area contributed by atoms with Crippen LogP contribution in [0.2, 0.25) is 0 Å². The van der Waals surface area contributed by atoms with Gasteiger partial charge < -0.3 is 10.5 Å². The molecule has 0 radical (unpaired) electrons. The molecule has 0 aromatic heterocycles. The molecule has 84 valence electrons. The van der Waals surface area contributed by atoms with Gasteiger partial charge in [-0.2, -0.15) is 0 Å². The van der Waals surface area contributed by atoms with Crippen LogP contribution in [0.4, 0.5) is 4.39 Å². The molecule has 1 unspecified atom stereocenters. The molecule has 2 rings (SSSR count). The van der Waals surface area contributed by atoms with Gasteiger partial charge in [-0.15, -0.1) is 0 Å². The van der Waals surface area contributed by atoms with Gasteiger partial charge in [-0.25, -0.2) is 4.39 Å². The quantitative estimate of drug-likeness (QED) is 0.829. The van der Waals surface area contributed by atoms with Gasteiger partial charge in [0.25, 0.3) is 0 Å². The van der Waals surface area contributed by atoms with Gasteiger partial charge in [0.1, 0.15) is 5.82 Å². The molecule has 1 aliphatic rings. The Kier molecular flexibility index (Phi) is 2.79. The first-order chi connectivity index (χ1) is 7.65. The average molecular weight is 219 g/mol. The van der Waals surface area contributed by atoms with Crippen molar-refractivity contribution in [3.05, 3.63) is 59.6 Å². The van der Waals surface area contributed by atoms with E-state index in [2.05, 4.69) is 0 Å². The Morgan fingerprint density at radius 1 is 1.38 bits per heavy atom. The van der Waals surface area contributed by atoms with E-state index in [1.165, 1.54) is 6.07 Å². The molecule has 0 heterocycles. The second-order valence-corrected chi connectivity index (χ2v) is 3.89. The summed E-state index contributed by atoms with van der Waals surface area (Å²) < 4.78 is 18.8. The maximum Gasteiger partial charge on any atom is 0.128 e. The molecule has 1 aromatic rings. The van der Waals surface area contributed by atoms with E-state index in [4.69, 9.17) is 10.5 Å². The Hall–Kier alpha value is -1.61. The van der Waals surface area contributed by atoms with Crippen LogP contribution >= 0.6 is 0 Å². The normalized spacial score (nSPS) is 24.1. The van der Waals surface area contributed by atoms with E-state index in [9.17, 15) is 4.39 Å². The number of ether oxygens (including phenoxy) is 1. The maximum atomic E-state index is 13.7. The number of allylic oxidation sites excluding steroid dienone is 2. The van der Waals surface area contributed by atoms with Gasteiger partial charge in [0.05, 0.1) is 18.4 Å². The highest BCUT2D eigenvalue weighted by Gasteiger charge is 2.30. The van der Waals surface area contributed by atoms with Crippen LogP contribution in [-0.4, -0.2) is 7.11 Å². The topological polar surface area (TPSA) is 35.2 Å². The average Bonchev–Trinajstić information content (AvgIpc) is 2.29. The van der Waals surface area contributed by atoms with Crippen molar-refractivity contribution in [1.82, 2.24) is 0 Å². The summed E-state index contributed by atoms with van der Waals surface area (Å²) in [6.07, 6.45) is 5.91. The zero-order chi connectivity index (χ0) is 11.6. The predicted molar refractivity (Wildman–Crippen MR) is 61.1 cm³/mol. The Morgan fingerprint density at radius 3 is 2.81 bits per heavy atom. The minimum Gasteiger partial charge on any atom is -0.501 e. The van der Waals surface area contributed by atoms with Gasteiger partial charge >= 0.3 is 0 Å². The predicted octanol–water partition coefficient (Wildman–Crippen LogP) is 2.47. The molecule has 1 atom stereocenters. The van der Waals surface area contributed by atoms with Crippen LogP contribution in [0.1, 0.15) is 12.0 Å². The highest BCUT2D eigenvalue weighted by Crippen LogP contribution is 2.32. The van der Waals surface area contributed by atoms with Gasteiger partial charge in [-0.05, 0) is 12.1 Å². The molecule has 0 saturated carbocycles. The molecule has 0 aliphatic heterocycles. The number of nitrogens with two attached hydrogens (primary N) is 1. The van der Waals surface area contributed by atoms with Gasteiger partial charge in [0, 0.05) is 12.0 Å². The van der Waals surface area contributed by atoms with Crippen LogP contribution in [0.5, 0.6) is 0 Å². The fourth-order valence-corrected chi connectivity index (χ4v) is 1.90. The van der Waals surface area contributed by atoms with Crippen LogP contribution in [0.3, 0.4) is 0 Å². The van der Waals surface area contributed by atoms with Crippen molar-refractivity contribution < 1.29 is 9.13 Å². The summed E-state index contributed by atoms with van der Waals surface area (Å²) in [5.41, 5.74) is 5.88. The SMILES string of the molecule is COC1=CC=CC(N)(c2ccccc2F)C1. The van der Waals surface area contributed by atoms with Gasteiger partial charge in [0.15, 0.2) is 0 Å². The minimum absolute atomic E-state index is 0.285. The van der Waals surface area contributed by atoms with E-state index in [1.54, 1.807) is 37.5 Å². The second-order valence-electron chi connectivity index (χ2n) is 3.89. The first-order valence-corrected chi connectivity index (χ1v) is 5.12. The van der Waals surface area contributed by atoms with Gasteiger partial charge in [0.2, 0.25) is 0 Å². The number of hydrogen-bond donors (Lipinski definition) is 1. The van der Waals surface area contributed by atoms with Crippen molar-refractivity contribution in [2.75, 3.05) is 7.11 Å². The molecule has 3 heteroatoms. The van der Waals surface area contributed by atoms with E-state index in [0.717, 1.165) is 5.76 Å². The third kappa shape index (κ3) is 1.86. The number of methoxy groups -OCH3 is 1. The molecular weight excluding hydrogens is 205 g/mol. The van der Waals surface area contributed by atoms with E-state index in [-0.39, 0.29) is 5.82 Å². The van der Waals surface area contributed by atoms with Crippen LogP contribution in [0.25, 0.3) is 0 Å². The lowest BCUT2D eigenvalue weighted by molar-refractivity contribution is 0.255. The zero-order valence-electron chi connectivity index (χ0n) is 9.11. The van der Waals surface area contributed by atoms with Crippen LogP contribution < -0.4 is 5.73 Å².